The lowest BCUT2D eigenvalue weighted by molar-refractivity contribution is -0.139. The summed E-state index contributed by atoms with van der Waals surface area (Å²) in [5.74, 6) is -0.471. The number of benzene rings is 1. The number of hydrogen-bond donors (Lipinski definition) is 1. The Morgan fingerprint density at radius 1 is 1.26 bits per heavy atom. The molecule has 1 amide bonds. The number of methoxy groups -OCH3 is 1. The van der Waals surface area contributed by atoms with Gasteiger partial charge in [0.25, 0.3) is 5.56 Å². The second-order valence-corrected chi connectivity index (χ2v) is 7.33. The van der Waals surface area contributed by atoms with Crippen LogP contribution in [0.2, 0.25) is 0 Å². The number of carbonyl (C=O) groups is 2. The monoisotopic (exact) mass is 387 g/mol. The Labute approximate surface area is 161 Å². The van der Waals surface area contributed by atoms with Crippen LogP contribution in [0.15, 0.2) is 46.3 Å². The largest absolute Gasteiger partial charge is 0.469 e. The van der Waals surface area contributed by atoms with Gasteiger partial charge in [0.2, 0.25) is 5.91 Å². The Hall–Kier alpha value is -2.61. The predicted octanol–water partition coefficient (Wildman–Crippen LogP) is 1.94. The van der Waals surface area contributed by atoms with Crippen LogP contribution in [0.1, 0.15) is 29.3 Å². The second-order valence-electron chi connectivity index (χ2n) is 6.24. The highest BCUT2D eigenvalue weighted by atomic mass is 32.2. The highest BCUT2D eigenvalue weighted by molar-refractivity contribution is 8.00. The van der Waals surface area contributed by atoms with E-state index < -0.39 is 11.2 Å². The number of nitrogens with one attached hydrogen (secondary N) is 1. The minimum atomic E-state index is -0.513. The van der Waals surface area contributed by atoms with Gasteiger partial charge in [-0.1, -0.05) is 42.1 Å². The molecule has 1 aromatic carbocycles. The molecular weight excluding hydrogens is 366 g/mol. The van der Waals surface area contributed by atoms with Crippen LogP contribution < -0.4 is 5.56 Å². The van der Waals surface area contributed by atoms with Crippen LogP contribution in [-0.2, 0) is 20.7 Å². The van der Waals surface area contributed by atoms with Gasteiger partial charge in [0.15, 0.2) is 5.16 Å². The Kier molecular flexibility index (Phi) is 6.28. The minimum absolute atomic E-state index is 0.00437. The molecule has 0 spiro atoms. The van der Waals surface area contributed by atoms with Crippen molar-refractivity contribution in [1.82, 2.24) is 14.9 Å². The van der Waals surface area contributed by atoms with E-state index in [9.17, 15) is 14.4 Å². The molecule has 0 unspecified atom stereocenters. The van der Waals surface area contributed by atoms with E-state index in [1.165, 1.54) is 24.9 Å². The molecule has 7 nitrogen and oxygen atoms in total. The fourth-order valence-corrected chi connectivity index (χ4v) is 4.05. The molecule has 1 aliphatic rings. The summed E-state index contributed by atoms with van der Waals surface area (Å²) < 4.78 is 4.63. The van der Waals surface area contributed by atoms with Crippen molar-refractivity contribution in [3.63, 3.8) is 0 Å². The standard InChI is InChI=1S/C19H21N3O4S/c1-26-16(24)12-14-11-15(23)21-19(20-14)27-17(13-7-3-2-4-8-13)18(25)22-9-5-6-10-22/h2-4,7-8,11,17H,5-6,9-10,12H2,1H3,(H,20,21,23)/t17-/m0/s1. The summed E-state index contributed by atoms with van der Waals surface area (Å²) in [5, 5.41) is -0.205. The van der Waals surface area contributed by atoms with E-state index >= 15 is 0 Å². The molecule has 0 aliphatic carbocycles. The summed E-state index contributed by atoms with van der Waals surface area (Å²) in [6.07, 6.45) is 1.91. The van der Waals surface area contributed by atoms with Gasteiger partial charge in [0.05, 0.1) is 19.2 Å². The molecule has 2 aromatic rings. The van der Waals surface area contributed by atoms with Crippen LogP contribution in [0.5, 0.6) is 0 Å². The molecular formula is C19H21N3O4S. The van der Waals surface area contributed by atoms with E-state index in [1.807, 2.05) is 35.2 Å². The molecule has 8 heteroatoms. The zero-order chi connectivity index (χ0) is 19.2. The fraction of sp³-hybridized carbons (Fsp3) is 0.368. The lowest BCUT2D eigenvalue weighted by Gasteiger charge is -2.22. The summed E-state index contributed by atoms with van der Waals surface area (Å²) in [7, 11) is 1.28. The highest BCUT2D eigenvalue weighted by Gasteiger charge is 2.29. The van der Waals surface area contributed by atoms with Crippen molar-refractivity contribution in [2.75, 3.05) is 20.2 Å². The Balaban J connectivity index is 1.88. The molecule has 0 saturated carbocycles. The maximum Gasteiger partial charge on any atom is 0.311 e. The Morgan fingerprint density at radius 3 is 2.63 bits per heavy atom. The third-order valence-corrected chi connectivity index (χ3v) is 5.43. The molecule has 1 fully saturated rings. The number of carbonyl (C=O) groups excluding carboxylic acids is 2. The van der Waals surface area contributed by atoms with E-state index in [-0.39, 0.29) is 17.9 Å². The topological polar surface area (TPSA) is 92.4 Å². The summed E-state index contributed by atoms with van der Waals surface area (Å²) in [5.41, 5.74) is 0.792. The third-order valence-electron chi connectivity index (χ3n) is 4.30. The van der Waals surface area contributed by atoms with Crippen LogP contribution in [0.3, 0.4) is 0 Å². The average molecular weight is 387 g/mol. The molecule has 1 aromatic heterocycles. The number of hydrogen-bond acceptors (Lipinski definition) is 6. The van der Waals surface area contributed by atoms with Crippen LogP contribution in [0.25, 0.3) is 0 Å². The van der Waals surface area contributed by atoms with Gasteiger partial charge in [-0.15, -0.1) is 0 Å². The van der Waals surface area contributed by atoms with Crippen molar-refractivity contribution < 1.29 is 14.3 Å². The first kappa shape index (κ1) is 19.2. The Morgan fingerprint density at radius 2 is 1.96 bits per heavy atom. The number of ether oxygens (including phenoxy) is 1. The molecule has 1 atom stereocenters. The van der Waals surface area contributed by atoms with Gasteiger partial charge < -0.3 is 14.6 Å². The average Bonchev–Trinajstić information content (AvgIpc) is 3.20. The van der Waals surface area contributed by atoms with Crippen LogP contribution in [0.4, 0.5) is 0 Å². The first-order valence-corrected chi connectivity index (χ1v) is 9.62. The number of thioether (sulfide) groups is 1. The number of likely N-dealkylation sites (tertiary alicyclic amines) is 1. The molecule has 0 bridgehead atoms. The molecule has 27 heavy (non-hydrogen) atoms. The number of aromatic nitrogens is 2. The van der Waals surface area contributed by atoms with Gasteiger partial charge >= 0.3 is 5.97 Å². The molecule has 0 radical (unpaired) electrons. The van der Waals surface area contributed by atoms with E-state index in [0.29, 0.717) is 10.9 Å². The normalized spacial score (nSPS) is 14.8. The molecule has 1 saturated heterocycles. The molecule has 2 heterocycles. The van der Waals surface area contributed by atoms with E-state index in [1.54, 1.807) is 0 Å². The number of esters is 1. The van der Waals surface area contributed by atoms with Crippen LogP contribution in [-0.4, -0.2) is 46.9 Å². The molecule has 3 rings (SSSR count). The summed E-state index contributed by atoms with van der Waals surface area (Å²) >= 11 is 1.19. The number of H-pyrrole nitrogens is 1. The zero-order valence-electron chi connectivity index (χ0n) is 15.0. The van der Waals surface area contributed by atoms with E-state index in [0.717, 1.165) is 31.5 Å². The number of nitrogens with zero attached hydrogens (tertiary/aromatic N) is 2. The van der Waals surface area contributed by atoms with Crippen molar-refractivity contribution in [3.05, 3.63) is 58.0 Å². The lowest BCUT2D eigenvalue weighted by atomic mass is 10.1. The SMILES string of the molecule is COC(=O)Cc1cc(=O)[nH]c(S[C@H](C(=O)N2CCCC2)c2ccccc2)n1. The summed E-state index contributed by atoms with van der Waals surface area (Å²) in [6, 6.07) is 10.7. The van der Waals surface area contributed by atoms with Gasteiger partial charge in [-0.2, -0.15) is 0 Å². The fourth-order valence-electron chi connectivity index (χ4n) is 2.95. The second kappa shape index (κ2) is 8.85. The first-order chi connectivity index (χ1) is 13.1. The van der Waals surface area contributed by atoms with Crippen molar-refractivity contribution in [2.45, 2.75) is 29.7 Å². The smallest absolute Gasteiger partial charge is 0.311 e. The van der Waals surface area contributed by atoms with Crippen molar-refractivity contribution in [3.8, 4) is 0 Å². The highest BCUT2D eigenvalue weighted by Crippen LogP contribution is 2.35. The van der Waals surface area contributed by atoms with Gasteiger partial charge in [-0.25, -0.2) is 4.98 Å². The minimum Gasteiger partial charge on any atom is -0.469 e. The maximum atomic E-state index is 13.1. The van der Waals surface area contributed by atoms with Gasteiger partial charge in [0.1, 0.15) is 5.25 Å². The zero-order valence-corrected chi connectivity index (χ0v) is 15.8. The number of amides is 1. The quantitative estimate of drug-likeness (QED) is 0.463. The van der Waals surface area contributed by atoms with Crippen molar-refractivity contribution >= 4 is 23.6 Å². The lowest BCUT2D eigenvalue weighted by Crippen LogP contribution is -2.31. The maximum absolute atomic E-state index is 13.1. The van der Waals surface area contributed by atoms with Crippen molar-refractivity contribution in [1.29, 1.82) is 0 Å². The van der Waals surface area contributed by atoms with Crippen LogP contribution >= 0.6 is 11.8 Å². The molecule has 1 aliphatic heterocycles. The molecule has 142 valence electrons. The first-order valence-electron chi connectivity index (χ1n) is 8.74. The predicted molar refractivity (Wildman–Crippen MR) is 101 cm³/mol. The Bertz CT molecular complexity index is 863. The number of rotatable bonds is 6. The summed E-state index contributed by atoms with van der Waals surface area (Å²) in [4.78, 5) is 45.3. The van der Waals surface area contributed by atoms with Crippen LogP contribution in [0, 0.1) is 0 Å². The van der Waals surface area contributed by atoms with Crippen molar-refractivity contribution in [2.24, 2.45) is 0 Å². The van der Waals surface area contributed by atoms with E-state index in [2.05, 4.69) is 14.7 Å². The third kappa shape index (κ3) is 4.97. The van der Waals surface area contributed by atoms with E-state index in [4.69, 9.17) is 0 Å². The van der Waals surface area contributed by atoms with Gasteiger partial charge in [-0.3, -0.25) is 14.4 Å². The van der Waals surface area contributed by atoms with Gasteiger partial charge in [-0.05, 0) is 18.4 Å². The summed E-state index contributed by atoms with van der Waals surface area (Å²) in [6.45, 7) is 1.49. The number of aromatic amines is 1. The van der Waals surface area contributed by atoms with Gasteiger partial charge in [0, 0.05) is 19.2 Å². The molecule has 1 N–H and O–H groups in total.